The van der Waals surface area contributed by atoms with E-state index in [1.807, 2.05) is 0 Å². The quantitative estimate of drug-likeness (QED) is 0.236. The maximum Gasteiger partial charge on any atom is 0.220 e. The highest BCUT2D eigenvalue weighted by molar-refractivity contribution is 5.75. The van der Waals surface area contributed by atoms with Gasteiger partial charge >= 0.3 is 0 Å². The van der Waals surface area contributed by atoms with E-state index in [1.54, 1.807) is 6.20 Å². The van der Waals surface area contributed by atoms with Crippen molar-refractivity contribution in [3.8, 4) is 0 Å². The van der Waals surface area contributed by atoms with Gasteiger partial charge in [-0.2, -0.15) is 0 Å². The minimum Gasteiger partial charge on any atom is -0.401 e. The van der Waals surface area contributed by atoms with Crippen LogP contribution in [0.4, 0.5) is 0 Å². The Kier molecular flexibility index (Phi) is 14.7. The normalized spacial score (nSPS) is 11.5. The summed E-state index contributed by atoms with van der Waals surface area (Å²) in [5.41, 5.74) is 6.56. The Hall–Kier alpha value is -1.31. The molecule has 1 amide bonds. The summed E-state index contributed by atoms with van der Waals surface area (Å²) in [4.78, 5) is 11.3. The largest absolute Gasteiger partial charge is 0.401 e. The van der Waals surface area contributed by atoms with Crippen LogP contribution in [0.2, 0.25) is 0 Å². The van der Waals surface area contributed by atoms with Crippen LogP contribution in [0.3, 0.4) is 0 Å². The van der Waals surface area contributed by atoms with Crippen LogP contribution in [0.5, 0.6) is 0 Å². The second-order valence-electron chi connectivity index (χ2n) is 5.37. The molecule has 0 aliphatic heterocycles. The zero-order valence-corrected chi connectivity index (χ0v) is 14.7. The molecule has 7 heteroatoms. The molecule has 0 fully saturated rings. The highest BCUT2D eigenvalue weighted by atomic mass is 16.5. The topological polar surface area (TPSA) is 103 Å². The molecule has 136 valence electrons. The second kappa shape index (κ2) is 15.6. The Morgan fingerprint density at radius 2 is 1.78 bits per heavy atom. The SMILES string of the molecule is CCCCC(=O)NCCOCCOCCN(N)/C=C(\N)CCC. The number of nitrogens with one attached hydrogen (secondary N) is 1. The average Bonchev–Trinajstić information content (AvgIpc) is 2.51. The molecule has 0 radical (unpaired) electrons. The standard InChI is InChI=1S/C16H34N4O3/c1-3-5-7-16(21)19-8-10-22-12-13-23-11-9-20(18)14-15(17)6-4-2/h14H,3-13,17-18H2,1-2H3,(H,19,21)/b15-14-. The summed E-state index contributed by atoms with van der Waals surface area (Å²) in [5.74, 6) is 5.86. The molecule has 0 aromatic heterocycles. The van der Waals surface area contributed by atoms with Gasteiger partial charge in [0.25, 0.3) is 0 Å². The van der Waals surface area contributed by atoms with Gasteiger partial charge in [-0.3, -0.25) is 4.79 Å². The van der Waals surface area contributed by atoms with Crippen molar-refractivity contribution in [2.45, 2.75) is 46.0 Å². The van der Waals surface area contributed by atoms with Gasteiger partial charge in [-0.25, -0.2) is 5.84 Å². The maximum absolute atomic E-state index is 11.3. The fourth-order valence-electron chi connectivity index (χ4n) is 1.81. The minimum absolute atomic E-state index is 0.0881. The third-order valence-corrected chi connectivity index (χ3v) is 3.06. The van der Waals surface area contributed by atoms with Gasteiger partial charge in [0, 0.05) is 24.9 Å². The van der Waals surface area contributed by atoms with Crippen molar-refractivity contribution in [1.82, 2.24) is 10.3 Å². The number of amides is 1. The molecule has 23 heavy (non-hydrogen) atoms. The number of nitrogens with zero attached hydrogens (tertiary/aromatic N) is 1. The number of unbranched alkanes of at least 4 members (excludes halogenated alkanes) is 1. The molecular formula is C16H34N4O3. The molecule has 0 atom stereocenters. The summed E-state index contributed by atoms with van der Waals surface area (Å²) in [6.07, 6.45) is 6.14. The molecule has 0 aliphatic carbocycles. The molecule has 0 saturated heterocycles. The Labute approximate surface area is 140 Å². The van der Waals surface area contributed by atoms with Crippen LogP contribution < -0.4 is 16.9 Å². The van der Waals surface area contributed by atoms with Crippen molar-refractivity contribution >= 4 is 5.91 Å². The summed E-state index contributed by atoms with van der Waals surface area (Å²) < 4.78 is 10.8. The molecule has 7 nitrogen and oxygen atoms in total. The highest BCUT2D eigenvalue weighted by Gasteiger charge is 1.99. The smallest absolute Gasteiger partial charge is 0.220 e. The summed E-state index contributed by atoms with van der Waals surface area (Å²) in [6, 6.07) is 0. The van der Waals surface area contributed by atoms with E-state index in [1.165, 1.54) is 5.01 Å². The molecule has 5 N–H and O–H groups in total. The van der Waals surface area contributed by atoms with E-state index in [0.717, 1.165) is 31.4 Å². The summed E-state index contributed by atoms with van der Waals surface area (Å²) in [5, 5.41) is 4.36. The first-order chi connectivity index (χ1) is 11.1. The number of carbonyl (C=O) groups excluding carboxylic acids is 1. The Bertz CT molecular complexity index is 324. The lowest BCUT2D eigenvalue weighted by atomic mass is 10.2. The van der Waals surface area contributed by atoms with Crippen molar-refractivity contribution in [2.75, 3.05) is 39.5 Å². The van der Waals surface area contributed by atoms with Crippen LogP contribution in [-0.4, -0.2) is 50.4 Å². The predicted octanol–water partition coefficient (Wildman–Crippen LogP) is 1.10. The number of carbonyl (C=O) groups is 1. The van der Waals surface area contributed by atoms with Crippen molar-refractivity contribution in [3.05, 3.63) is 11.9 Å². The zero-order valence-electron chi connectivity index (χ0n) is 14.7. The van der Waals surface area contributed by atoms with Gasteiger partial charge in [0.2, 0.25) is 5.91 Å². The van der Waals surface area contributed by atoms with E-state index in [0.29, 0.717) is 45.9 Å². The molecule has 0 aromatic rings. The van der Waals surface area contributed by atoms with Crippen LogP contribution in [0.25, 0.3) is 0 Å². The number of allylic oxidation sites excluding steroid dienone is 1. The van der Waals surface area contributed by atoms with Crippen molar-refractivity contribution in [2.24, 2.45) is 11.6 Å². The van der Waals surface area contributed by atoms with Gasteiger partial charge in [-0.05, 0) is 12.8 Å². The van der Waals surface area contributed by atoms with Gasteiger partial charge < -0.3 is 25.5 Å². The Balaban J connectivity index is 3.36. The lowest BCUT2D eigenvalue weighted by molar-refractivity contribution is -0.121. The molecule has 0 aromatic carbocycles. The van der Waals surface area contributed by atoms with Gasteiger partial charge in [0.05, 0.1) is 33.0 Å². The summed E-state index contributed by atoms with van der Waals surface area (Å²) in [6.45, 7) is 7.29. The number of hydrogen-bond acceptors (Lipinski definition) is 6. The molecule has 0 rings (SSSR count). The number of hydrogen-bond donors (Lipinski definition) is 3. The molecule has 0 spiro atoms. The molecule has 0 unspecified atom stereocenters. The van der Waals surface area contributed by atoms with Crippen LogP contribution in [-0.2, 0) is 14.3 Å². The molecule has 0 saturated carbocycles. The van der Waals surface area contributed by atoms with E-state index in [4.69, 9.17) is 21.1 Å². The first-order valence-electron chi connectivity index (χ1n) is 8.49. The third kappa shape index (κ3) is 15.4. The van der Waals surface area contributed by atoms with Crippen LogP contribution in [0.1, 0.15) is 46.0 Å². The lowest BCUT2D eigenvalue weighted by Crippen LogP contribution is -2.30. The fraction of sp³-hybridized carbons (Fsp3) is 0.812. The molecule has 0 aliphatic rings. The number of rotatable bonds is 15. The van der Waals surface area contributed by atoms with Crippen LogP contribution in [0, 0.1) is 0 Å². The average molecular weight is 330 g/mol. The van der Waals surface area contributed by atoms with Gasteiger partial charge in [0.15, 0.2) is 0 Å². The maximum atomic E-state index is 11.3. The van der Waals surface area contributed by atoms with Crippen LogP contribution >= 0.6 is 0 Å². The van der Waals surface area contributed by atoms with E-state index in [-0.39, 0.29) is 5.91 Å². The molecular weight excluding hydrogens is 296 g/mol. The van der Waals surface area contributed by atoms with Crippen molar-refractivity contribution in [1.29, 1.82) is 0 Å². The van der Waals surface area contributed by atoms with Gasteiger partial charge in [0.1, 0.15) is 0 Å². The second-order valence-corrected chi connectivity index (χ2v) is 5.37. The molecule has 0 heterocycles. The molecule has 0 bridgehead atoms. The zero-order chi connectivity index (χ0) is 17.3. The van der Waals surface area contributed by atoms with Crippen molar-refractivity contribution in [3.63, 3.8) is 0 Å². The van der Waals surface area contributed by atoms with Gasteiger partial charge in [-0.15, -0.1) is 0 Å². The fourth-order valence-corrected chi connectivity index (χ4v) is 1.81. The third-order valence-electron chi connectivity index (χ3n) is 3.06. The predicted molar refractivity (Wildman–Crippen MR) is 92.2 cm³/mol. The lowest BCUT2D eigenvalue weighted by Gasteiger charge is -2.15. The summed E-state index contributed by atoms with van der Waals surface area (Å²) in [7, 11) is 0. The minimum atomic E-state index is 0.0881. The highest BCUT2D eigenvalue weighted by Crippen LogP contribution is 1.97. The van der Waals surface area contributed by atoms with Crippen LogP contribution in [0.15, 0.2) is 11.9 Å². The van der Waals surface area contributed by atoms with Gasteiger partial charge in [-0.1, -0.05) is 26.7 Å². The number of hydrazine groups is 1. The summed E-state index contributed by atoms with van der Waals surface area (Å²) >= 11 is 0. The Morgan fingerprint density at radius 1 is 1.09 bits per heavy atom. The van der Waals surface area contributed by atoms with E-state index >= 15 is 0 Å². The number of ether oxygens (including phenoxy) is 2. The van der Waals surface area contributed by atoms with Crippen molar-refractivity contribution < 1.29 is 14.3 Å². The first kappa shape index (κ1) is 21.7. The monoisotopic (exact) mass is 330 g/mol. The number of nitrogens with two attached hydrogens (primary N) is 2. The van der Waals surface area contributed by atoms with E-state index in [2.05, 4.69) is 19.2 Å². The van der Waals surface area contributed by atoms with E-state index in [9.17, 15) is 4.79 Å². The Morgan fingerprint density at radius 3 is 2.43 bits per heavy atom. The first-order valence-corrected chi connectivity index (χ1v) is 8.49. The van der Waals surface area contributed by atoms with E-state index < -0.39 is 0 Å².